The Kier molecular flexibility index (Phi) is 4.36. The van der Waals surface area contributed by atoms with Gasteiger partial charge in [-0.3, -0.25) is 14.9 Å². The van der Waals surface area contributed by atoms with Gasteiger partial charge in [-0.15, -0.1) is 0 Å². The summed E-state index contributed by atoms with van der Waals surface area (Å²) in [6, 6.07) is 13.1. The quantitative estimate of drug-likeness (QED) is 0.438. The number of H-pyrrole nitrogens is 2. The molecule has 0 spiro atoms. The lowest BCUT2D eigenvalue weighted by molar-refractivity contribution is 0.0985. The molecule has 0 aliphatic carbocycles. The summed E-state index contributed by atoms with van der Waals surface area (Å²) in [5, 5.41) is 5.45. The second-order valence-corrected chi connectivity index (χ2v) is 6.46. The molecule has 0 saturated carbocycles. The summed E-state index contributed by atoms with van der Waals surface area (Å²) >= 11 is 0. The number of benzene rings is 2. The normalized spacial score (nSPS) is 10.8. The Labute approximate surface area is 160 Å². The number of nitrogens with zero attached hydrogens (tertiary/aromatic N) is 2. The summed E-state index contributed by atoms with van der Waals surface area (Å²) in [6.07, 6.45) is 1.31. The summed E-state index contributed by atoms with van der Waals surface area (Å²) < 4.78 is 0. The number of rotatable bonds is 4. The molecule has 2 amide bonds. The van der Waals surface area contributed by atoms with Crippen LogP contribution >= 0.6 is 0 Å². The summed E-state index contributed by atoms with van der Waals surface area (Å²) in [6.45, 7) is 3.89. The van der Waals surface area contributed by atoms with Crippen molar-refractivity contribution in [3.63, 3.8) is 0 Å². The number of nitrogens with one attached hydrogen (secondary N) is 4. The number of aromatic nitrogens is 4. The number of amides is 2. The number of anilines is 2. The molecule has 0 radical (unpaired) electrons. The standard InChI is InChI=1S/C20H18N6O2/c1-11-7-8-13(12(2)9-11)23-18(27)16-17(22-10-21-16)19(28)26-20-24-14-5-3-4-6-15(14)25-20/h3-10H,1-2H3,(H,21,22)(H,23,27)(H2,24,25,26,28). The first-order valence-corrected chi connectivity index (χ1v) is 8.69. The van der Waals surface area contributed by atoms with Gasteiger partial charge in [0.15, 0.2) is 5.69 Å². The van der Waals surface area contributed by atoms with E-state index in [4.69, 9.17) is 0 Å². The fourth-order valence-electron chi connectivity index (χ4n) is 2.96. The Morgan fingerprint density at radius 1 is 1.00 bits per heavy atom. The summed E-state index contributed by atoms with van der Waals surface area (Å²) in [7, 11) is 0. The fourth-order valence-corrected chi connectivity index (χ4v) is 2.96. The molecule has 0 atom stereocenters. The molecule has 0 aliphatic rings. The van der Waals surface area contributed by atoms with Gasteiger partial charge >= 0.3 is 0 Å². The van der Waals surface area contributed by atoms with Crippen molar-refractivity contribution in [2.24, 2.45) is 0 Å². The van der Waals surface area contributed by atoms with Crippen molar-refractivity contribution in [1.82, 2.24) is 19.9 Å². The van der Waals surface area contributed by atoms with Crippen LogP contribution in [0.2, 0.25) is 0 Å². The molecule has 8 heteroatoms. The molecule has 0 unspecified atom stereocenters. The molecule has 0 fully saturated rings. The third kappa shape index (κ3) is 3.35. The minimum Gasteiger partial charge on any atom is -0.340 e. The van der Waals surface area contributed by atoms with Gasteiger partial charge < -0.3 is 15.3 Å². The van der Waals surface area contributed by atoms with Gasteiger partial charge in [-0.1, -0.05) is 29.8 Å². The first-order chi connectivity index (χ1) is 13.5. The number of hydrogen-bond donors (Lipinski definition) is 4. The molecule has 2 heterocycles. The van der Waals surface area contributed by atoms with Crippen LogP contribution in [0, 0.1) is 13.8 Å². The highest BCUT2D eigenvalue weighted by Gasteiger charge is 2.21. The minimum absolute atomic E-state index is 0.0114. The van der Waals surface area contributed by atoms with Gasteiger partial charge in [0.25, 0.3) is 11.8 Å². The first-order valence-electron chi connectivity index (χ1n) is 8.69. The van der Waals surface area contributed by atoms with E-state index in [0.717, 1.165) is 22.2 Å². The van der Waals surface area contributed by atoms with Gasteiger partial charge in [0.05, 0.1) is 17.4 Å². The zero-order chi connectivity index (χ0) is 19.7. The van der Waals surface area contributed by atoms with E-state index in [2.05, 4.69) is 30.6 Å². The lowest BCUT2D eigenvalue weighted by Gasteiger charge is -2.09. The second-order valence-electron chi connectivity index (χ2n) is 6.46. The number of carbonyl (C=O) groups excluding carboxylic acids is 2. The number of carbonyl (C=O) groups is 2. The van der Waals surface area contributed by atoms with Gasteiger partial charge in [-0.2, -0.15) is 0 Å². The van der Waals surface area contributed by atoms with E-state index in [-0.39, 0.29) is 17.3 Å². The largest absolute Gasteiger partial charge is 0.340 e. The molecule has 0 saturated heterocycles. The molecule has 0 aliphatic heterocycles. The second kappa shape index (κ2) is 6.99. The van der Waals surface area contributed by atoms with E-state index in [9.17, 15) is 9.59 Å². The zero-order valence-electron chi connectivity index (χ0n) is 15.3. The molecule has 4 rings (SSSR count). The Balaban J connectivity index is 1.54. The molecule has 4 N–H and O–H groups in total. The van der Waals surface area contributed by atoms with Crippen molar-refractivity contribution >= 4 is 34.5 Å². The number of para-hydroxylation sites is 2. The maximum atomic E-state index is 12.6. The van der Waals surface area contributed by atoms with Gasteiger partial charge in [-0.05, 0) is 37.6 Å². The highest BCUT2D eigenvalue weighted by molar-refractivity contribution is 6.13. The molecule has 8 nitrogen and oxygen atoms in total. The van der Waals surface area contributed by atoms with E-state index in [1.165, 1.54) is 6.33 Å². The van der Waals surface area contributed by atoms with Crippen LogP contribution in [0.4, 0.5) is 11.6 Å². The summed E-state index contributed by atoms with van der Waals surface area (Å²) in [5.41, 5.74) is 4.30. The number of aromatic amines is 2. The maximum Gasteiger partial charge on any atom is 0.279 e. The Morgan fingerprint density at radius 3 is 2.61 bits per heavy atom. The first kappa shape index (κ1) is 17.5. The smallest absolute Gasteiger partial charge is 0.279 e. The molecule has 2 aromatic heterocycles. The monoisotopic (exact) mass is 374 g/mol. The van der Waals surface area contributed by atoms with Crippen molar-refractivity contribution in [3.8, 4) is 0 Å². The van der Waals surface area contributed by atoms with Crippen molar-refractivity contribution in [3.05, 3.63) is 71.3 Å². The van der Waals surface area contributed by atoms with Crippen LogP contribution in [0.25, 0.3) is 11.0 Å². The topological polar surface area (TPSA) is 116 Å². The SMILES string of the molecule is Cc1ccc(NC(=O)c2[nH]cnc2C(=O)Nc2nc3ccccc3[nH]2)c(C)c1. The maximum absolute atomic E-state index is 12.6. The molecule has 140 valence electrons. The van der Waals surface area contributed by atoms with Crippen LogP contribution in [0.5, 0.6) is 0 Å². The van der Waals surface area contributed by atoms with Crippen LogP contribution < -0.4 is 10.6 Å². The highest BCUT2D eigenvalue weighted by Crippen LogP contribution is 2.18. The lowest BCUT2D eigenvalue weighted by Crippen LogP contribution is -2.21. The predicted molar refractivity (Wildman–Crippen MR) is 107 cm³/mol. The van der Waals surface area contributed by atoms with Crippen LogP contribution in [0.15, 0.2) is 48.8 Å². The fraction of sp³-hybridized carbons (Fsp3) is 0.100. The Hall–Kier alpha value is -3.94. The lowest BCUT2D eigenvalue weighted by atomic mass is 10.1. The van der Waals surface area contributed by atoms with E-state index in [1.807, 2.05) is 56.3 Å². The molecular weight excluding hydrogens is 356 g/mol. The van der Waals surface area contributed by atoms with Gasteiger partial charge in [-0.25, -0.2) is 9.97 Å². The minimum atomic E-state index is -0.536. The van der Waals surface area contributed by atoms with Crippen LogP contribution in [-0.2, 0) is 0 Å². The molecule has 4 aromatic rings. The average molecular weight is 374 g/mol. The van der Waals surface area contributed by atoms with E-state index >= 15 is 0 Å². The van der Waals surface area contributed by atoms with Crippen molar-refractivity contribution in [2.75, 3.05) is 10.6 Å². The van der Waals surface area contributed by atoms with E-state index < -0.39 is 11.8 Å². The van der Waals surface area contributed by atoms with E-state index in [1.54, 1.807) is 0 Å². The highest BCUT2D eigenvalue weighted by atomic mass is 16.2. The summed E-state index contributed by atoms with van der Waals surface area (Å²) in [4.78, 5) is 39.3. The van der Waals surface area contributed by atoms with Crippen molar-refractivity contribution in [2.45, 2.75) is 13.8 Å². The summed E-state index contributed by atoms with van der Waals surface area (Å²) in [5.74, 6) is -0.694. The zero-order valence-corrected chi connectivity index (χ0v) is 15.3. The van der Waals surface area contributed by atoms with Crippen molar-refractivity contribution < 1.29 is 9.59 Å². The molecule has 2 aromatic carbocycles. The Bertz CT molecular complexity index is 1160. The predicted octanol–water partition coefficient (Wildman–Crippen LogP) is 3.41. The number of aryl methyl sites for hydroxylation is 2. The number of hydrogen-bond acceptors (Lipinski definition) is 4. The third-order valence-electron chi connectivity index (χ3n) is 4.33. The molecule has 28 heavy (non-hydrogen) atoms. The van der Waals surface area contributed by atoms with Gasteiger partial charge in [0.1, 0.15) is 5.69 Å². The molecular formula is C20H18N6O2. The van der Waals surface area contributed by atoms with Crippen LogP contribution in [0.1, 0.15) is 32.1 Å². The average Bonchev–Trinajstić information content (AvgIpc) is 3.30. The van der Waals surface area contributed by atoms with Crippen molar-refractivity contribution in [1.29, 1.82) is 0 Å². The van der Waals surface area contributed by atoms with Gasteiger partial charge in [0, 0.05) is 5.69 Å². The van der Waals surface area contributed by atoms with Crippen LogP contribution in [-0.4, -0.2) is 31.8 Å². The third-order valence-corrected chi connectivity index (χ3v) is 4.33. The van der Waals surface area contributed by atoms with Gasteiger partial charge in [0.2, 0.25) is 5.95 Å². The number of imidazole rings is 2. The molecule has 0 bridgehead atoms. The Morgan fingerprint density at radius 2 is 1.82 bits per heavy atom. The van der Waals surface area contributed by atoms with Crippen LogP contribution in [0.3, 0.4) is 0 Å². The number of fused-ring (bicyclic) bond motifs is 1. The van der Waals surface area contributed by atoms with E-state index in [0.29, 0.717) is 5.69 Å².